The molecule has 2 unspecified atom stereocenters. The summed E-state index contributed by atoms with van der Waals surface area (Å²) in [5.74, 6) is 0.334. The highest BCUT2D eigenvalue weighted by Crippen LogP contribution is 2.35. The van der Waals surface area contributed by atoms with Gasteiger partial charge in [-0.25, -0.2) is 13.4 Å². The highest BCUT2D eigenvalue weighted by atomic mass is 32.2. The van der Waals surface area contributed by atoms with Gasteiger partial charge in [0.2, 0.25) is 15.9 Å². The van der Waals surface area contributed by atoms with Crippen LogP contribution in [-0.2, 0) is 19.6 Å². The standard InChI is InChI=1S/C26H31N3O5S2/c1-17-14-18(2)24-23(15-17)35-26(27-24)28(16-20-6-5-13-34-20)25(30)22-7-4-12-29(22)36(31,32)21-10-8-19(33-3)9-11-21/h8-11,14-15,20,22H,4-7,12-13,16H2,1-3H3. The number of sulfonamides is 1. The summed E-state index contributed by atoms with van der Waals surface area (Å²) in [5.41, 5.74) is 3.07. The van der Waals surface area contributed by atoms with E-state index in [4.69, 9.17) is 14.5 Å². The number of carbonyl (C=O) groups excluding carboxylic acids is 1. The number of anilines is 1. The van der Waals surface area contributed by atoms with E-state index in [1.165, 1.54) is 34.9 Å². The number of rotatable bonds is 7. The maximum absolute atomic E-state index is 14.1. The van der Waals surface area contributed by atoms with Crippen molar-refractivity contribution >= 4 is 42.6 Å². The third-order valence-corrected chi connectivity index (χ3v) is 9.83. The molecule has 1 amide bonds. The first kappa shape index (κ1) is 25.1. The Kier molecular flexibility index (Phi) is 7.04. The lowest BCUT2D eigenvalue weighted by Crippen LogP contribution is -2.49. The Bertz CT molecular complexity index is 1360. The summed E-state index contributed by atoms with van der Waals surface area (Å²) in [4.78, 5) is 20.7. The molecule has 8 nitrogen and oxygen atoms in total. The summed E-state index contributed by atoms with van der Waals surface area (Å²) in [6.07, 6.45) is 2.83. The quantitative estimate of drug-likeness (QED) is 0.454. The molecule has 3 heterocycles. The molecule has 2 fully saturated rings. The zero-order valence-corrected chi connectivity index (χ0v) is 22.4. The zero-order valence-electron chi connectivity index (χ0n) is 20.8. The van der Waals surface area contributed by atoms with E-state index in [0.717, 1.165) is 34.2 Å². The molecular weight excluding hydrogens is 498 g/mol. The van der Waals surface area contributed by atoms with Gasteiger partial charge < -0.3 is 9.47 Å². The van der Waals surface area contributed by atoms with Crippen molar-refractivity contribution in [3.05, 3.63) is 47.5 Å². The van der Waals surface area contributed by atoms with E-state index >= 15 is 0 Å². The minimum atomic E-state index is -3.86. The number of hydrogen-bond donors (Lipinski definition) is 0. The highest BCUT2D eigenvalue weighted by molar-refractivity contribution is 7.89. The molecule has 3 aromatic rings. The molecule has 2 aromatic carbocycles. The Morgan fingerprint density at radius 1 is 1.19 bits per heavy atom. The Morgan fingerprint density at radius 3 is 2.67 bits per heavy atom. The summed E-state index contributed by atoms with van der Waals surface area (Å²) in [6, 6.07) is 9.66. The maximum Gasteiger partial charge on any atom is 0.247 e. The molecule has 0 radical (unpaired) electrons. The van der Waals surface area contributed by atoms with Crippen LogP contribution < -0.4 is 9.64 Å². The van der Waals surface area contributed by atoms with Gasteiger partial charge in [0.25, 0.3) is 0 Å². The van der Waals surface area contributed by atoms with Crippen molar-refractivity contribution in [2.24, 2.45) is 0 Å². The van der Waals surface area contributed by atoms with Crippen LogP contribution in [0.1, 0.15) is 36.8 Å². The Hall–Kier alpha value is -2.53. The second-order valence-corrected chi connectivity index (χ2v) is 12.4. The lowest BCUT2D eigenvalue weighted by atomic mass is 10.1. The number of benzene rings is 2. The van der Waals surface area contributed by atoms with Crippen molar-refractivity contribution in [2.45, 2.75) is 56.6 Å². The van der Waals surface area contributed by atoms with Crippen molar-refractivity contribution in [1.82, 2.24) is 9.29 Å². The monoisotopic (exact) mass is 529 g/mol. The van der Waals surface area contributed by atoms with E-state index in [1.807, 2.05) is 13.8 Å². The summed E-state index contributed by atoms with van der Waals surface area (Å²) >= 11 is 1.47. The molecule has 0 aliphatic carbocycles. The Labute approximate surface area is 215 Å². The highest BCUT2D eigenvalue weighted by Gasteiger charge is 2.42. The smallest absolute Gasteiger partial charge is 0.247 e. The Balaban J connectivity index is 1.49. The molecule has 2 aliphatic heterocycles. The van der Waals surface area contributed by atoms with Crippen molar-refractivity contribution in [3.8, 4) is 5.75 Å². The van der Waals surface area contributed by atoms with Gasteiger partial charge in [-0.05, 0) is 81.0 Å². The molecule has 5 rings (SSSR count). The van der Waals surface area contributed by atoms with Crippen LogP contribution in [0.5, 0.6) is 5.75 Å². The van der Waals surface area contributed by atoms with Crippen LogP contribution in [0, 0.1) is 13.8 Å². The number of hydrogen-bond acceptors (Lipinski definition) is 7. The minimum absolute atomic E-state index is 0.0863. The Morgan fingerprint density at radius 2 is 1.97 bits per heavy atom. The van der Waals surface area contributed by atoms with Crippen LogP contribution in [0.2, 0.25) is 0 Å². The molecule has 2 atom stereocenters. The van der Waals surface area contributed by atoms with E-state index in [2.05, 4.69) is 12.1 Å². The molecule has 0 spiro atoms. The number of fused-ring (bicyclic) bond motifs is 1. The predicted octanol–water partition coefficient (Wildman–Crippen LogP) is 4.29. The van der Waals surface area contributed by atoms with Gasteiger partial charge in [0.05, 0.1) is 34.9 Å². The van der Waals surface area contributed by atoms with Crippen molar-refractivity contribution in [3.63, 3.8) is 0 Å². The minimum Gasteiger partial charge on any atom is -0.497 e. The van der Waals surface area contributed by atoms with Gasteiger partial charge in [-0.2, -0.15) is 4.31 Å². The van der Waals surface area contributed by atoms with Gasteiger partial charge in [0.1, 0.15) is 11.8 Å². The fourth-order valence-electron chi connectivity index (χ4n) is 5.07. The summed E-state index contributed by atoms with van der Waals surface area (Å²) < 4.78 is 40.5. The van der Waals surface area contributed by atoms with Crippen LogP contribution >= 0.6 is 11.3 Å². The van der Waals surface area contributed by atoms with E-state index in [9.17, 15) is 13.2 Å². The number of aryl methyl sites for hydroxylation is 2. The van der Waals surface area contributed by atoms with E-state index < -0.39 is 16.1 Å². The average molecular weight is 530 g/mol. The topological polar surface area (TPSA) is 89.0 Å². The third kappa shape index (κ3) is 4.74. The first-order valence-electron chi connectivity index (χ1n) is 12.2. The van der Waals surface area contributed by atoms with Crippen LogP contribution in [0.4, 0.5) is 5.13 Å². The number of carbonyl (C=O) groups is 1. The molecule has 2 aliphatic rings. The molecule has 0 saturated carbocycles. The van der Waals surface area contributed by atoms with E-state index in [0.29, 0.717) is 43.4 Å². The second kappa shape index (κ2) is 10.1. The fraction of sp³-hybridized carbons (Fsp3) is 0.462. The zero-order chi connectivity index (χ0) is 25.4. The second-order valence-electron chi connectivity index (χ2n) is 9.46. The average Bonchev–Trinajstić information content (AvgIpc) is 3.63. The van der Waals surface area contributed by atoms with Crippen LogP contribution in [0.25, 0.3) is 10.2 Å². The largest absolute Gasteiger partial charge is 0.497 e. The molecule has 1 aromatic heterocycles. The van der Waals surface area contributed by atoms with Crippen molar-refractivity contribution in [1.29, 1.82) is 0 Å². The number of aromatic nitrogens is 1. The first-order valence-corrected chi connectivity index (χ1v) is 14.5. The van der Waals surface area contributed by atoms with Gasteiger partial charge >= 0.3 is 0 Å². The van der Waals surface area contributed by atoms with Gasteiger partial charge in [-0.3, -0.25) is 9.69 Å². The molecule has 36 heavy (non-hydrogen) atoms. The van der Waals surface area contributed by atoms with E-state index in [-0.39, 0.29) is 16.9 Å². The number of nitrogens with zero attached hydrogens (tertiary/aromatic N) is 3. The molecule has 0 bridgehead atoms. The van der Waals surface area contributed by atoms with Crippen LogP contribution in [0.3, 0.4) is 0 Å². The van der Waals surface area contributed by atoms with E-state index in [1.54, 1.807) is 17.0 Å². The lowest BCUT2D eigenvalue weighted by Gasteiger charge is -2.29. The molecule has 2 saturated heterocycles. The summed E-state index contributed by atoms with van der Waals surface area (Å²) in [5, 5.41) is 0.591. The normalized spacial score (nSPS) is 20.8. The molecule has 10 heteroatoms. The predicted molar refractivity (Wildman–Crippen MR) is 140 cm³/mol. The summed E-state index contributed by atoms with van der Waals surface area (Å²) in [7, 11) is -2.32. The van der Waals surface area contributed by atoms with Gasteiger partial charge in [-0.1, -0.05) is 17.4 Å². The SMILES string of the molecule is COc1ccc(S(=O)(=O)N2CCCC2C(=O)N(CC2CCCO2)c2nc3c(C)cc(C)cc3s2)cc1. The third-order valence-electron chi connectivity index (χ3n) is 6.88. The first-order chi connectivity index (χ1) is 17.3. The van der Waals surface area contributed by atoms with Gasteiger partial charge in [0, 0.05) is 13.2 Å². The number of methoxy groups -OCH3 is 1. The molecular formula is C26H31N3O5S2. The lowest BCUT2D eigenvalue weighted by molar-refractivity contribution is -0.122. The van der Waals surface area contributed by atoms with Crippen molar-refractivity contribution in [2.75, 3.05) is 31.7 Å². The number of thiazole rings is 1. The fourth-order valence-corrected chi connectivity index (χ4v) is 7.87. The number of ether oxygens (including phenoxy) is 2. The molecule has 0 N–H and O–H groups in total. The maximum atomic E-state index is 14.1. The summed E-state index contributed by atoms with van der Waals surface area (Å²) in [6.45, 7) is 5.40. The van der Waals surface area contributed by atoms with Gasteiger partial charge in [-0.15, -0.1) is 0 Å². The van der Waals surface area contributed by atoms with Crippen LogP contribution in [0.15, 0.2) is 41.3 Å². The molecule has 192 valence electrons. The van der Waals surface area contributed by atoms with Crippen molar-refractivity contribution < 1.29 is 22.7 Å². The number of amides is 1. The van der Waals surface area contributed by atoms with Crippen LogP contribution in [-0.4, -0.2) is 62.6 Å². The van der Waals surface area contributed by atoms with Gasteiger partial charge in [0.15, 0.2) is 5.13 Å².